The van der Waals surface area contributed by atoms with Crippen LogP contribution in [-0.2, 0) is 11.2 Å². The molecule has 1 aromatic carbocycles. The van der Waals surface area contributed by atoms with Gasteiger partial charge in [0.1, 0.15) is 0 Å². The molecule has 21 heavy (non-hydrogen) atoms. The highest BCUT2D eigenvalue weighted by Gasteiger charge is 2.17. The summed E-state index contributed by atoms with van der Waals surface area (Å²) in [5.74, 6) is 0.0334. The van der Waals surface area contributed by atoms with E-state index >= 15 is 0 Å². The smallest absolute Gasteiger partial charge is 0.227 e. The van der Waals surface area contributed by atoms with E-state index in [0.717, 1.165) is 29.7 Å². The fourth-order valence-corrected chi connectivity index (χ4v) is 2.36. The molecule has 1 N–H and O–H groups in total. The molecule has 0 aliphatic rings. The Kier molecular flexibility index (Phi) is 5.50. The Morgan fingerprint density at radius 1 is 1.19 bits per heavy atom. The Morgan fingerprint density at radius 2 is 1.95 bits per heavy atom. The lowest BCUT2D eigenvalue weighted by atomic mass is 9.95. The van der Waals surface area contributed by atoms with Crippen LogP contribution < -0.4 is 5.32 Å². The van der Waals surface area contributed by atoms with Crippen LogP contribution in [0.1, 0.15) is 36.1 Å². The topological polar surface area (TPSA) is 42.0 Å². The van der Waals surface area contributed by atoms with Crippen molar-refractivity contribution in [3.8, 4) is 0 Å². The summed E-state index contributed by atoms with van der Waals surface area (Å²) in [4.78, 5) is 16.6. The van der Waals surface area contributed by atoms with Crippen LogP contribution in [0.2, 0.25) is 0 Å². The maximum absolute atomic E-state index is 12.3. The van der Waals surface area contributed by atoms with Gasteiger partial charge < -0.3 is 5.32 Å². The first-order chi connectivity index (χ1) is 10.2. The first-order valence-electron chi connectivity index (χ1n) is 7.45. The van der Waals surface area contributed by atoms with E-state index in [9.17, 15) is 4.79 Å². The third-order valence-corrected chi connectivity index (χ3v) is 3.61. The summed E-state index contributed by atoms with van der Waals surface area (Å²) >= 11 is 0. The number of aromatic nitrogens is 1. The standard InChI is InChI=1S/C18H22N2O/c1-3-17(16-7-5-4-6-8-16)18(21)19-12-11-15-10-9-14(2)20-13-15/h4-10,13,17H,3,11-12H2,1-2H3,(H,19,21). The Morgan fingerprint density at radius 3 is 2.57 bits per heavy atom. The largest absolute Gasteiger partial charge is 0.355 e. The number of nitrogens with one attached hydrogen (secondary N) is 1. The van der Waals surface area contributed by atoms with E-state index in [-0.39, 0.29) is 11.8 Å². The first-order valence-corrected chi connectivity index (χ1v) is 7.45. The van der Waals surface area contributed by atoms with E-state index < -0.39 is 0 Å². The lowest BCUT2D eigenvalue weighted by Gasteiger charge is -2.15. The molecular formula is C18H22N2O. The number of nitrogens with zero attached hydrogens (tertiary/aromatic N) is 1. The van der Waals surface area contributed by atoms with Gasteiger partial charge >= 0.3 is 0 Å². The van der Waals surface area contributed by atoms with Crippen LogP contribution in [0, 0.1) is 6.92 Å². The number of amides is 1. The van der Waals surface area contributed by atoms with E-state index in [1.54, 1.807) is 0 Å². The molecule has 1 amide bonds. The third kappa shape index (κ3) is 4.42. The van der Waals surface area contributed by atoms with E-state index in [0.29, 0.717) is 6.54 Å². The number of carbonyl (C=O) groups is 1. The van der Waals surface area contributed by atoms with Gasteiger partial charge in [-0.2, -0.15) is 0 Å². The summed E-state index contributed by atoms with van der Waals surface area (Å²) in [6, 6.07) is 14.0. The minimum atomic E-state index is -0.0673. The maximum atomic E-state index is 12.3. The number of aryl methyl sites for hydroxylation is 1. The number of pyridine rings is 1. The molecule has 2 rings (SSSR count). The highest BCUT2D eigenvalue weighted by molar-refractivity contribution is 5.83. The van der Waals surface area contributed by atoms with Crippen molar-refractivity contribution in [3.63, 3.8) is 0 Å². The average molecular weight is 282 g/mol. The van der Waals surface area contributed by atoms with Gasteiger partial charge in [-0.25, -0.2) is 0 Å². The molecule has 0 aliphatic heterocycles. The molecule has 1 heterocycles. The van der Waals surface area contributed by atoms with Gasteiger partial charge in [0.05, 0.1) is 5.92 Å². The molecule has 110 valence electrons. The molecule has 3 nitrogen and oxygen atoms in total. The molecule has 0 bridgehead atoms. The molecule has 2 aromatic rings. The van der Waals surface area contributed by atoms with Crippen LogP contribution in [0.15, 0.2) is 48.7 Å². The third-order valence-electron chi connectivity index (χ3n) is 3.61. The highest BCUT2D eigenvalue weighted by atomic mass is 16.1. The second-order valence-electron chi connectivity index (χ2n) is 5.22. The Bertz CT molecular complexity index is 564. The van der Waals surface area contributed by atoms with E-state index in [1.165, 1.54) is 0 Å². The van der Waals surface area contributed by atoms with Crippen molar-refractivity contribution >= 4 is 5.91 Å². The zero-order valence-electron chi connectivity index (χ0n) is 12.7. The second kappa shape index (κ2) is 7.58. The number of carbonyl (C=O) groups excluding carboxylic acids is 1. The minimum Gasteiger partial charge on any atom is -0.355 e. The van der Waals surface area contributed by atoms with Crippen molar-refractivity contribution in [2.45, 2.75) is 32.6 Å². The van der Waals surface area contributed by atoms with Gasteiger partial charge in [0.25, 0.3) is 0 Å². The molecule has 0 aliphatic carbocycles. The Balaban J connectivity index is 1.87. The molecule has 0 radical (unpaired) electrons. The lowest BCUT2D eigenvalue weighted by Crippen LogP contribution is -2.30. The normalized spacial score (nSPS) is 11.9. The Labute approximate surface area is 126 Å². The molecule has 0 saturated carbocycles. The van der Waals surface area contributed by atoms with Gasteiger partial charge in [-0.3, -0.25) is 9.78 Å². The number of hydrogen-bond acceptors (Lipinski definition) is 2. The number of rotatable bonds is 6. The molecule has 0 fully saturated rings. The van der Waals surface area contributed by atoms with Gasteiger partial charge in [0.15, 0.2) is 0 Å². The highest BCUT2D eigenvalue weighted by Crippen LogP contribution is 2.19. The summed E-state index contributed by atoms with van der Waals surface area (Å²) in [6.45, 7) is 4.66. The van der Waals surface area contributed by atoms with Crippen LogP contribution in [0.4, 0.5) is 0 Å². The predicted molar refractivity (Wildman–Crippen MR) is 85.2 cm³/mol. The number of hydrogen-bond donors (Lipinski definition) is 1. The van der Waals surface area contributed by atoms with Crippen LogP contribution in [0.5, 0.6) is 0 Å². The summed E-state index contributed by atoms with van der Waals surface area (Å²) in [6.07, 6.45) is 3.49. The second-order valence-corrected chi connectivity index (χ2v) is 5.22. The molecule has 3 heteroatoms. The van der Waals surface area contributed by atoms with Gasteiger partial charge in [0.2, 0.25) is 5.91 Å². The van der Waals surface area contributed by atoms with Crippen molar-refractivity contribution in [1.82, 2.24) is 10.3 Å². The van der Waals surface area contributed by atoms with Gasteiger partial charge in [0, 0.05) is 18.4 Å². The predicted octanol–water partition coefficient (Wildman–Crippen LogP) is 3.24. The van der Waals surface area contributed by atoms with E-state index in [2.05, 4.69) is 16.4 Å². The molecular weight excluding hydrogens is 260 g/mol. The zero-order chi connectivity index (χ0) is 15.1. The van der Waals surface area contributed by atoms with Crippen molar-refractivity contribution < 1.29 is 4.79 Å². The van der Waals surface area contributed by atoms with E-state index in [1.807, 2.05) is 56.4 Å². The van der Waals surface area contributed by atoms with Crippen molar-refractivity contribution in [1.29, 1.82) is 0 Å². The summed E-state index contributed by atoms with van der Waals surface area (Å²) < 4.78 is 0. The molecule has 0 saturated heterocycles. The SMILES string of the molecule is CCC(C(=O)NCCc1ccc(C)nc1)c1ccccc1. The molecule has 1 unspecified atom stereocenters. The Hall–Kier alpha value is -2.16. The van der Waals surface area contributed by atoms with Crippen LogP contribution >= 0.6 is 0 Å². The maximum Gasteiger partial charge on any atom is 0.227 e. The lowest BCUT2D eigenvalue weighted by molar-refractivity contribution is -0.122. The van der Waals surface area contributed by atoms with Crippen LogP contribution in [-0.4, -0.2) is 17.4 Å². The quantitative estimate of drug-likeness (QED) is 0.883. The average Bonchev–Trinajstić information content (AvgIpc) is 2.51. The van der Waals surface area contributed by atoms with Crippen LogP contribution in [0.3, 0.4) is 0 Å². The molecule has 0 spiro atoms. The van der Waals surface area contributed by atoms with Gasteiger partial charge in [-0.1, -0.05) is 43.3 Å². The molecule has 1 aromatic heterocycles. The van der Waals surface area contributed by atoms with Gasteiger partial charge in [-0.05, 0) is 37.0 Å². The van der Waals surface area contributed by atoms with Crippen molar-refractivity contribution in [3.05, 3.63) is 65.5 Å². The van der Waals surface area contributed by atoms with Crippen molar-refractivity contribution in [2.24, 2.45) is 0 Å². The minimum absolute atomic E-state index is 0.0673. The zero-order valence-corrected chi connectivity index (χ0v) is 12.7. The van der Waals surface area contributed by atoms with E-state index in [4.69, 9.17) is 0 Å². The fraction of sp³-hybridized carbons (Fsp3) is 0.333. The molecule has 1 atom stereocenters. The monoisotopic (exact) mass is 282 g/mol. The summed E-state index contributed by atoms with van der Waals surface area (Å²) in [7, 11) is 0. The van der Waals surface area contributed by atoms with Crippen molar-refractivity contribution in [2.75, 3.05) is 6.54 Å². The van der Waals surface area contributed by atoms with Gasteiger partial charge in [-0.15, -0.1) is 0 Å². The first kappa shape index (κ1) is 15.2. The van der Waals surface area contributed by atoms with Crippen LogP contribution in [0.25, 0.3) is 0 Å². The fourth-order valence-electron chi connectivity index (χ4n) is 2.36. The summed E-state index contributed by atoms with van der Waals surface area (Å²) in [5.41, 5.74) is 3.24. The number of benzene rings is 1. The summed E-state index contributed by atoms with van der Waals surface area (Å²) in [5, 5.41) is 3.03.